The maximum atomic E-state index is 13.6. The van der Waals surface area contributed by atoms with Gasteiger partial charge in [0.25, 0.3) is 0 Å². The van der Waals surface area contributed by atoms with E-state index in [1.165, 1.54) is 25.7 Å². The van der Waals surface area contributed by atoms with Crippen LogP contribution in [0.3, 0.4) is 0 Å². The van der Waals surface area contributed by atoms with Gasteiger partial charge in [-0.2, -0.15) is 4.98 Å². The zero-order valence-corrected chi connectivity index (χ0v) is 20.4. The number of carbonyl (C=O) groups is 1. The molecule has 0 unspecified atom stereocenters. The van der Waals surface area contributed by atoms with Crippen LogP contribution >= 0.6 is 0 Å². The highest BCUT2D eigenvalue weighted by Gasteiger charge is 2.41. The number of amides is 1. The van der Waals surface area contributed by atoms with Crippen LogP contribution < -0.4 is 10.1 Å². The number of hydrogen-bond donors (Lipinski definition) is 2. The molecule has 2 fully saturated rings. The smallest absolute Gasteiger partial charge is 0.316 e. The first-order valence-electron chi connectivity index (χ1n) is 12.2. The lowest BCUT2D eigenvalue weighted by Crippen LogP contribution is -2.51. The predicted molar refractivity (Wildman–Crippen MR) is 129 cm³/mol. The number of nitrogens with one attached hydrogen (secondary N) is 2. The van der Waals surface area contributed by atoms with Gasteiger partial charge in [-0.1, -0.05) is 19.3 Å². The van der Waals surface area contributed by atoms with Crippen LogP contribution in [0.1, 0.15) is 51.1 Å². The molecular formula is C26H30FN5O4. The molecule has 1 amide bonds. The molecule has 1 saturated heterocycles. The largest absolute Gasteiger partial charge is 0.467 e. The van der Waals surface area contributed by atoms with Crippen molar-refractivity contribution in [1.29, 1.82) is 0 Å². The summed E-state index contributed by atoms with van der Waals surface area (Å²) < 4.78 is 30.7. The second kappa shape index (κ2) is 10.3. The summed E-state index contributed by atoms with van der Waals surface area (Å²) in [7, 11) is 1.49. The number of halogens is 1. The van der Waals surface area contributed by atoms with Crippen LogP contribution in [0.5, 0.6) is 6.01 Å². The Balaban J connectivity index is 1.37. The average Bonchev–Trinajstić information content (AvgIpc) is 3.35. The third-order valence-corrected chi connectivity index (χ3v) is 6.73. The third-order valence-electron chi connectivity index (χ3n) is 6.73. The molecule has 2 N–H and O–H groups in total. The molecule has 3 aromatic rings. The topological polar surface area (TPSA) is 111 Å². The molecule has 2 aliphatic rings. The van der Waals surface area contributed by atoms with Gasteiger partial charge in [-0.3, -0.25) is 4.79 Å². The molecule has 0 radical (unpaired) electrons. The van der Waals surface area contributed by atoms with Gasteiger partial charge >= 0.3 is 6.01 Å². The van der Waals surface area contributed by atoms with E-state index in [0.717, 1.165) is 25.7 Å². The predicted octanol–water partition coefficient (Wildman–Crippen LogP) is 4.18. The lowest BCUT2D eigenvalue weighted by atomic mass is 9.89. The second-order valence-electron chi connectivity index (χ2n) is 9.60. The zero-order chi connectivity index (χ0) is 25.1. The Labute approximate surface area is 208 Å². The zero-order valence-electron chi connectivity index (χ0n) is 20.4. The second-order valence-corrected chi connectivity index (χ2v) is 9.60. The maximum Gasteiger partial charge on any atom is 0.316 e. The number of methoxy groups -OCH3 is 1. The van der Waals surface area contributed by atoms with Gasteiger partial charge in [-0.15, -0.1) is 0 Å². The molecule has 0 bridgehead atoms. The first-order chi connectivity index (χ1) is 17.4. The summed E-state index contributed by atoms with van der Waals surface area (Å²) in [6.07, 6.45) is 6.34. The van der Waals surface area contributed by atoms with Crippen molar-refractivity contribution in [3.05, 3.63) is 48.2 Å². The summed E-state index contributed by atoms with van der Waals surface area (Å²) in [4.78, 5) is 29.4. The fourth-order valence-corrected chi connectivity index (χ4v) is 4.59. The van der Waals surface area contributed by atoms with Gasteiger partial charge in [0.15, 0.2) is 5.82 Å². The van der Waals surface area contributed by atoms with Crippen molar-refractivity contribution in [2.45, 2.75) is 51.4 Å². The summed E-state index contributed by atoms with van der Waals surface area (Å²) in [5.74, 6) is 0.0363. The summed E-state index contributed by atoms with van der Waals surface area (Å²) in [6.45, 7) is 2.24. The molecular weight excluding hydrogens is 465 g/mol. The fraction of sp³-hybridized carbons (Fsp3) is 0.462. The lowest BCUT2D eigenvalue weighted by Gasteiger charge is -2.37. The molecule has 10 heteroatoms. The van der Waals surface area contributed by atoms with Crippen molar-refractivity contribution in [3.63, 3.8) is 0 Å². The molecule has 0 atom stereocenters. The number of H-pyrrole nitrogens is 1. The van der Waals surface area contributed by atoms with Gasteiger partial charge in [0.05, 0.1) is 42.8 Å². The van der Waals surface area contributed by atoms with Crippen molar-refractivity contribution in [1.82, 2.24) is 25.3 Å². The normalized spacial score (nSPS) is 22.8. The Morgan fingerprint density at radius 3 is 2.53 bits per heavy atom. The molecule has 36 heavy (non-hydrogen) atoms. The van der Waals surface area contributed by atoms with Crippen LogP contribution in [-0.4, -0.2) is 52.2 Å². The van der Waals surface area contributed by atoms with Gasteiger partial charge in [0.2, 0.25) is 12.2 Å². The van der Waals surface area contributed by atoms with Gasteiger partial charge in [0.1, 0.15) is 5.82 Å². The highest BCUT2D eigenvalue weighted by atomic mass is 19.1. The maximum absolute atomic E-state index is 13.6. The van der Waals surface area contributed by atoms with Gasteiger partial charge < -0.3 is 24.5 Å². The number of aromatic nitrogens is 4. The van der Waals surface area contributed by atoms with E-state index in [1.54, 1.807) is 24.4 Å². The molecule has 1 aliphatic heterocycles. The van der Waals surface area contributed by atoms with E-state index in [1.807, 2.05) is 6.92 Å². The van der Waals surface area contributed by atoms with Crippen LogP contribution in [0.4, 0.5) is 4.39 Å². The molecule has 190 valence electrons. The van der Waals surface area contributed by atoms with Crippen LogP contribution in [0.2, 0.25) is 0 Å². The van der Waals surface area contributed by atoms with E-state index in [9.17, 15) is 9.18 Å². The summed E-state index contributed by atoms with van der Waals surface area (Å²) in [5, 5.41) is 3.18. The van der Waals surface area contributed by atoms with E-state index in [-0.39, 0.29) is 37.0 Å². The number of aromatic amines is 1. The molecule has 9 nitrogen and oxygen atoms in total. The molecule has 5 rings (SSSR count). The van der Waals surface area contributed by atoms with E-state index in [4.69, 9.17) is 19.2 Å². The molecule has 3 heterocycles. The van der Waals surface area contributed by atoms with E-state index >= 15 is 0 Å². The van der Waals surface area contributed by atoms with E-state index in [0.29, 0.717) is 28.5 Å². The monoisotopic (exact) mass is 495 g/mol. The quantitative estimate of drug-likeness (QED) is 0.528. The Morgan fingerprint density at radius 1 is 1.11 bits per heavy atom. The molecule has 0 spiro atoms. The van der Waals surface area contributed by atoms with Crippen molar-refractivity contribution in [2.24, 2.45) is 5.41 Å². The van der Waals surface area contributed by atoms with Crippen molar-refractivity contribution in [2.75, 3.05) is 20.3 Å². The Kier molecular flexibility index (Phi) is 6.97. The summed E-state index contributed by atoms with van der Waals surface area (Å²) >= 11 is 0. The highest BCUT2D eigenvalue weighted by molar-refractivity contribution is 5.83. The highest BCUT2D eigenvalue weighted by Crippen LogP contribution is 2.36. The first kappa shape index (κ1) is 24.3. The van der Waals surface area contributed by atoms with Gasteiger partial charge in [0, 0.05) is 17.8 Å². The third kappa shape index (κ3) is 5.10. The molecule has 1 saturated carbocycles. The first-order valence-corrected chi connectivity index (χ1v) is 12.2. The van der Waals surface area contributed by atoms with E-state index < -0.39 is 11.7 Å². The van der Waals surface area contributed by atoms with E-state index in [2.05, 4.69) is 20.3 Å². The van der Waals surface area contributed by atoms with Gasteiger partial charge in [-0.25, -0.2) is 14.4 Å². The Morgan fingerprint density at radius 2 is 1.83 bits per heavy atom. The van der Waals surface area contributed by atoms with Crippen LogP contribution in [-0.2, 0) is 14.3 Å². The number of nitrogens with zero attached hydrogens (tertiary/aromatic N) is 3. The number of ether oxygens (including phenoxy) is 3. The number of carbonyl (C=O) groups excluding carboxylic acids is 1. The van der Waals surface area contributed by atoms with Crippen LogP contribution in [0, 0.1) is 11.2 Å². The molecule has 1 aliphatic carbocycles. The number of rotatable bonds is 6. The van der Waals surface area contributed by atoms with Gasteiger partial charge in [-0.05, 0) is 50.1 Å². The summed E-state index contributed by atoms with van der Waals surface area (Å²) in [6, 6.07) is 8.19. The van der Waals surface area contributed by atoms with Crippen LogP contribution in [0.25, 0.3) is 22.6 Å². The number of imidazole rings is 1. The number of hydrogen-bond acceptors (Lipinski definition) is 7. The fourth-order valence-electron chi connectivity index (χ4n) is 4.59. The van der Waals surface area contributed by atoms with Crippen molar-refractivity contribution < 1.29 is 23.4 Å². The standard InChI is InChI=1S/C26H30FN5O4/c1-26(24(33)29-18-6-4-3-5-7-18)14-35-23(36-15-26)22-31-20(16-8-10-17(27)11-9-16)21(32-22)19-12-13-28-25(30-19)34-2/h8-13,18,23H,3-7,14-15H2,1-2H3,(H,29,33)(H,31,32). The van der Waals surface area contributed by atoms with Crippen molar-refractivity contribution in [3.8, 4) is 28.7 Å². The average molecular weight is 496 g/mol. The minimum Gasteiger partial charge on any atom is -0.467 e. The SMILES string of the molecule is COc1nccc(-c2[nH]c(C3OCC(C)(C(=O)NC4CCCCC4)CO3)nc2-c2ccc(F)cc2)n1. The molecule has 2 aromatic heterocycles. The summed E-state index contributed by atoms with van der Waals surface area (Å²) in [5.41, 5.74) is 1.60. The minimum atomic E-state index is -0.794. The Bertz CT molecular complexity index is 1200. The lowest BCUT2D eigenvalue weighted by molar-refractivity contribution is -0.231. The number of benzene rings is 1. The van der Waals surface area contributed by atoms with Crippen molar-refractivity contribution >= 4 is 5.91 Å². The Hall–Kier alpha value is -3.37. The minimum absolute atomic E-state index is 0.0481. The van der Waals surface area contributed by atoms with Crippen LogP contribution in [0.15, 0.2) is 36.5 Å². The molecule has 1 aromatic carbocycles.